The SMILES string of the molecule is Cc1ccc2nc(C)c(C(=O)NCc3ccccc3F)n2c1. The fraction of sp³-hybridized carbons (Fsp3) is 0.176. The summed E-state index contributed by atoms with van der Waals surface area (Å²) in [4.78, 5) is 16.8. The molecule has 1 N–H and O–H groups in total. The number of carbonyl (C=O) groups excluding carboxylic acids is 1. The number of hydrogen-bond acceptors (Lipinski definition) is 2. The molecule has 0 aliphatic heterocycles. The van der Waals surface area contributed by atoms with Crippen LogP contribution in [0, 0.1) is 19.7 Å². The highest BCUT2D eigenvalue weighted by atomic mass is 19.1. The molecular weight excluding hydrogens is 281 g/mol. The molecule has 0 atom stereocenters. The van der Waals surface area contributed by atoms with E-state index in [1.54, 1.807) is 29.5 Å². The number of hydrogen-bond donors (Lipinski definition) is 1. The number of rotatable bonds is 3. The molecule has 0 bridgehead atoms. The van der Waals surface area contributed by atoms with Gasteiger partial charge in [-0.1, -0.05) is 24.3 Å². The maximum Gasteiger partial charge on any atom is 0.270 e. The average Bonchev–Trinajstić information content (AvgIpc) is 2.81. The summed E-state index contributed by atoms with van der Waals surface area (Å²) in [7, 11) is 0. The van der Waals surface area contributed by atoms with Gasteiger partial charge in [-0.25, -0.2) is 9.37 Å². The highest BCUT2D eigenvalue weighted by Gasteiger charge is 2.16. The molecule has 0 saturated carbocycles. The summed E-state index contributed by atoms with van der Waals surface area (Å²) >= 11 is 0. The van der Waals surface area contributed by atoms with Crippen molar-refractivity contribution in [1.82, 2.24) is 14.7 Å². The largest absolute Gasteiger partial charge is 0.347 e. The fourth-order valence-corrected chi connectivity index (χ4v) is 2.44. The van der Waals surface area contributed by atoms with E-state index in [2.05, 4.69) is 10.3 Å². The summed E-state index contributed by atoms with van der Waals surface area (Å²) in [6.45, 7) is 3.89. The number of nitrogens with one attached hydrogen (secondary N) is 1. The van der Waals surface area contributed by atoms with Gasteiger partial charge in [0, 0.05) is 18.3 Å². The number of fused-ring (bicyclic) bond motifs is 1. The molecule has 5 heteroatoms. The van der Waals surface area contributed by atoms with Crippen LogP contribution in [0.1, 0.15) is 27.3 Å². The van der Waals surface area contributed by atoms with Gasteiger partial charge in [0.15, 0.2) is 0 Å². The van der Waals surface area contributed by atoms with Gasteiger partial charge in [0.25, 0.3) is 5.91 Å². The maximum atomic E-state index is 13.6. The molecule has 3 aromatic rings. The number of carbonyl (C=O) groups is 1. The van der Waals surface area contributed by atoms with Crippen LogP contribution in [0.15, 0.2) is 42.6 Å². The Morgan fingerprint density at radius 2 is 2.00 bits per heavy atom. The normalized spacial score (nSPS) is 10.9. The summed E-state index contributed by atoms with van der Waals surface area (Å²) < 4.78 is 15.4. The first-order valence-electron chi connectivity index (χ1n) is 7.03. The molecule has 2 aromatic heterocycles. The standard InChI is InChI=1S/C17H16FN3O/c1-11-7-8-15-20-12(2)16(21(15)10-11)17(22)19-9-13-5-3-4-6-14(13)18/h3-8,10H,9H2,1-2H3,(H,19,22). The van der Waals surface area contributed by atoms with E-state index < -0.39 is 0 Å². The smallest absolute Gasteiger partial charge is 0.270 e. The van der Waals surface area contributed by atoms with Gasteiger partial charge in [-0.15, -0.1) is 0 Å². The van der Waals surface area contributed by atoms with Crippen molar-refractivity contribution >= 4 is 11.6 Å². The van der Waals surface area contributed by atoms with Crippen LogP contribution in [-0.4, -0.2) is 15.3 Å². The Hall–Kier alpha value is -2.69. The molecule has 0 aliphatic rings. The number of nitrogens with zero attached hydrogens (tertiary/aromatic N) is 2. The molecule has 3 rings (SSSR count). The predicted octanol–water partition coefficient (Wildman–Crippen LogP) is 3.02. The van der Waals surface area contributed by atoms with Gasteiger partial charge in [-0.05, 0) is 31.5 Å². The maximum absolute atomic E-state index is 13.6. The number of amides is 1. The van der Waals surface area contributed by atoms with Crippen molar-refractivity contribution in [2.45, 2.75) is 20.4 Å². The first-order chi connectivity index (χ1) is 10.6. The number of aryl methyl sites for hydroxylation is 2. The minimum Gasteiger partial charge on any atom is -0.347 e. The number of aromatic nitrogens is 2. The van der Waals surface area contributed by atoms with Crippen molar-refractivity contribution in [1.29, 1.82) is 0 Å². The summed E-state index contributed by atoms with van der Waals surface area (Å²) in [5, 5.41) is 2.75. The molecule has 112 valence electrons. The van der Waals surface area contributed by atoms with Gasteiger partial charge in [-0.3, -0.25) is 9.20 Å². The quantitative estimate of drug-likeness (QED) is 0.807. The first kappa shape index (κ1) is 14.3. The highest BCUT2D eigenvalue weighted by Crippen LogP contribution is 2.14. The molecule has 0 fully saturated rings. The zero-order valence-corrected chi connectivity index (χ0v) is 12.4. The van der Waals surface area contributed by atoms with E-state index in [1.165, 1.54) is 6.07 Å². The molecule has 22 heavy (non-hydrogen) atoms. The molecule has 0 saturated heterocycles. The molecule has 0 unspecified atom stereocenters. The summed E-state index contributed by atoms with van der Waals surface area (Å²) in [6.07, 6.45) is 1.87. The lowest BCUT2D eigenvalue weighted by Crippen LogP contribution is -2.25. The Kier molecular flexibility index (Phi) is 3.63. The number of benzene rings is 1. The monoisotopic (exact) mass is 297 g/mol. The second-order valence-corrected chi connectivity index (χ2v) is 5.25. The van der Waals surface area contributed by atoms with Crippen LogP contribution in [0.2, 0.25) is 0 Å². The number of pyridine rings is 1. The Morgan fingerprint density at radius 1 is 1.23 bits per heavy atom. The van der Waals surface area contributed by atoms with Crippen molar-refractivity contribution in [3.8, 4) is 0 Å². The molecule has 0 radical (unpaired) electrons. The molecule has 0 aliphatic carbocycles. The van der Waals surface area contributed by atoms with E-state index in [4.69, 9.17) is 0 Å². The van der Waals surface area contributed by atoms with Gasteiger partial charge in [0.2, 0.25) is 0 Å². The lowest BCUT2D eigenvalue weighted by atomic mass is 10.2. The van der Waals surface area contributed by atoms with Gasteiger partial charge < -0.3 is 5.32 Å². The van der Waals surface area contributed by atoms with E-state index in [9.17, 15) is 9.18 Å². The van der Waals surface area contributed by atoms with Crippen molar-refractivity contribution in [3.63, 3.8) is 0 Å². The third-order valence-electron chi connectivity index (χ3n) is 3.55. The topological polar surface area (TPSA) is 46.4 Å². The molecule has 2 heterocycles. The molecule has 1 aromatic carbocycles. The van der Waals surface area contributed by atoms with Crippen molar-refractivity contribution < 1.29 is 9.18 Å². The van der Waals surface area contributed by atoms with Crippen LogP contribution in [0.3, 0.4) is 0 Å². The molecule has 0 spiro atoms. The van der Waals surface area contributed by atoms with Crippen LogP contribution in [0.4, 0.5) is 4.39 Å². The van der Waals surface area contributed by atoms with Crippen molar-refractivity contribution in [2.24, 2.45) is 0 Å². The van der Waals surface area contributed by atoms with Gasteiger partial charge in [0.05, 0.1) is 5.69 Å². The predicted molar refractivity (Wildman–Crippen MR) is 82.2 cm³/mol. The Labute approximate surface area is 127 Å². The number of imidazole rings is 1. The van der Waals surface area contributed by atoms with Gasteiger partial charge in [-0.2, -0.15) is 0 Å². The average molecular weight is 297 g/mol. The van der Waals surface area contributed by atoms with Crippen LogP contribution in [0.25, 0.3) is 5.65 Å². The second kappa shape index (κ2) is 5.60. The summed E-state index contributed by atoms with van der Waals surface area (Å²) in [5.41, 5.74) is 3.34. The fourth-order valence-electron chi connectivity index (χ4n) is 2.44. The van der Waals surface area contributed by atoms with Crippen LogP contribution >= 0.6 is 0 Å². The Balaban J connectivity index is 1.88. The third-order valence-corrected chi connectivity index (χ3v) is 3.55. The lowest BCUT2D eigenvalue weighted by Gasteiger charge is -2.07. The lowest BCUT2D eigenvalue weighted by molar-refractivity contribution is 0.0944. The van der Waals surface area contributed by atoms with Crippen LogP contribution in [0.5, 0.6) is 0 Å². The van der Waals surface area contributed by atoms with E-state index in [-0.39, 0.29) is 18.3 Å². The summed E-state index contributed by atoms with van der Waals surface area (Å²) in [6, 6.07) is 10.2. The zero-order chi connectivity index (χ0) is 15.7. The van der Waals surface area contributed by atoms with Crippen LogP contribution < -0.4 is 5.32 Å². The van der Waals surface area contributed by atoms with Gasteiger partial charge in [0.1, 0.15) is 17.2 Å². The third kappa shape index (κ3) is 2.57. The Bertz CT molecular complexity index is 854. The molecular formula is C17H16FN3O. The van der Waals surface area contributed by atoms with Crippen molar-refractivity contribution in [3.05, 3.63) is 70.9 Å². The second-order valence-electron chi connectivity index (χ2n) is 5.25. The van der Waals surface area contributed by atoms with E-state index in [0.29, 0.717) is 17.0 Å². The van der Waals surface area contributed by atoms with Gasteiger partial charge >= 0.3 is 0 Å². The minimum atomic E-state index is -0.325. The highest BCUT2D eigenvalue weighted by molar-refractivity contribution is 5.94. The zero-order valence-electron chi connectivity index (χ0n) is 12.4. The van der Waals surface area contributed by atoms with E-state index in [0.717, 1.165) is 11.2 Å². The number of halogens is 1. The van der Waals surface area contributed by atoms with E-state index in [1.807, 2.05) is 25.3 Å². The summed E-state index contributed by atoms with van der Waals surface area (Å²) in [5.74, 6) is -0.590. The first-order valence-corrected chi connectivity index (χ1v) is 7.03. The molecule has 4 nitrogen and oxygen atoms in total. The van der Waals surface area contributed by atoms with Crippen molar-refractivity contribution in [2.75, 3.05) is 0 Å². The van der Waals surface area contributed by atoms with Crippen LogP contribution in [-0.2, 0) is 6.54 Å². The minimum absolute atomic E-state index is 0.143. The Morgan fingerprint density at radius 3 is 2.77 bits per heavy atom. The molecule has 1 amide bonds. The van der Waals surface area contributed by atoms with E-state index >= 15 is 0 Å².